The van der Waals surface area contributed by atoms with Crippen molar-refractivity contribution in [1.29, 1.82) is 0 Å². The second-order valence-corrected chi connectivity index (χ2v) is 11.2. The topological polar surface area (TPSA) is 117 Å². The number of benzene rings is 4. The van der Waals surface area contributed by atoms with Crippen LogP contribution in [0.4, 0.5) is 11.4 Å². The molecule has 2 N–H and O–H groups in total. The van der Waals surface area contributed by atoms with Gasteiger partial charge in [-0.2, -0.15) is 5.10 Å². The number of para-hydroxylation sites is 1. The summed E-state index contributed by atoms with van der Waals surface area (Å²) < 4.78 is 33.2. The van der Waals surface area contributed by atoms with Gasteiger partial charge in [-0.25, -0.2) is 13.8 Å². The van der Waals surface area contributed by atoms with Crippen LogP contribution in [-0.4, -0.2) is 39.6 Å². The Kier molecular flexibility index (Phi) is 9.73. The third-order valence-electron chi connectivity index (χ3n) is 5.72. The van der Waals surface area contributed by atoms with E-state index >= 15 is 0 Å². The molecule has 41 heavy (non-hydrogen) atoms. The van der Waals surface area contributed by atoms with Gasteiger partial charge in [-0.15, -0.1) is 0 Å². The maximum atomic E-state index is 13.3. The number of hydrazone groups is 1. The summed E-state index contributed by atoms with van der Waals surface area (Å²) in [5, 5.41) is 7.10. The summed E-state index contributed by atoms with van der Waals surface area (Å²) in [5.41, 5.74) is 5.12. The molecule has 0 radical (unpaired) electrons. The van der Waals surface area contributed by atoms with Gasteiger partial charge in [0.2, 0.25) is 0 Å². The number of carbonyl (C=O) groups is 2. The molecular weight excluding hydrogens is 564 g/mol. The van der Waals surface area contributed by atoms with Crippen molar-refractivity contribution in [3.8, 4) is 5.75 Å². The molecule has 11 heteroatoms. The van der Waals surface area contributed by atoms with E-state index in [2.05, 4.69) is 15.8 Å². The van der Waals surface area contributed by atoms with E-state index in [-0.39, 0.29) is 17.4 Å². The third kappa shape index (κ3) is 8.41. The first-order chi connectivity index (χ1) is 19.7. The monoisotopic (exact) mass is 590 g/mol. The molecule has 0 heterocycles. The molecule has 0 saturated heterocycles. The van der Waals surface area contributed by atoms with Crippen molar-refractivity contribution in [2.45, 2.75) is 11.8 Å². The van der Waals surface area contributed by atoms with Gasteiger partial charge in [0.15, 0.2) is 6.61 Å². The van der Waals surface area contributed by atoms with Crippen LogP contribution in [0.15, 0.2) is 113 Å². The first kappa shape index (κ1) is 29.3. The Morgan fingerprint density at radius 1 is 0.878 bits per heavy atom. The average molecular weight is 591 g/mol. The van der Waals surface area contributed by atoms with Crippen LogP contribution in [0.1, 0.15) is 11.1 Å². The number of rotatable bonds is 11. The number of halogens is 1. The fourth-order valence-corrected chi connectivity index (χ4v) is 5.17. The molecule has 0 aliphatic heterocycles. The molecule has 0 atom stereocenters. The van der Waals surface area contributed by atoms with Gasteiger partial charge in [0.05, 0.1) is 16.8 Å². The average Bonchev–Trinajstić information content (AvgIpc) is 2.97. The molecule has 0 aliphatic rings. The predicted molar refractivity (Wildman–Crippen MR) is 160 cm³/mol. The fraction of sp³-hybridized carbons (Fsp3) is 0.100. The Bertz CT molecular complexity index is 1610. The number of nitrogens with one attached hydrogen (secondary N) is 2. The van der Waals surface area contributed by atoms with Crippen LogP contribution < -0.4 is 19.8 Å². The lowest BCUT2D eigenvalue weighted by molar-refractivity contribution is -0.119. The van der Waals surface area contributed by atoms with Crippen molar-refractivity contribution < 1.29 is 22.7 Å². The van der Waals surface area contributed by atoms with Crippen molar-refractivity contribution in [2.24, 2.45) is 5.10 Å². The zero-order valence-electron chi connectivity index (χ0n) is 22.0. The summed E-state index contributed by atoms with van der Waals surface area (Å²) in [7, 11) is -4.06. The van der Waals surface area contributed by atoms with Gasteiger partial charge >= 0.3 is 0 Å². The van der Waals surface area contributed by atoms with Crippen LogP contribution in [0.25, 0.3) is 0 Å². The van der Waals surface area contributed by atoms with Crippen molar-refractivity contribution >= 4 is 51.0 Å². The minimum absolute atomic E-state index is 0.00278. The number of anilines is 2. The number of ether oxygens (including phenoxy) is 1. The van der Waals surface area contributed by atoms with E-state index in [1.165, 1.54) is 30.5 Å². The number of hydrogen-bond donors (Lipinski definition) is 2. The van der Waals surface area contributed by atoms with Crippen LogP contribution in [0, 0.1) is 6.92 Å². The normalized spacial score (nSPS) is 11.2. The van der Waals surface area contributed by atoms with Gasteiger partial charge in [0, 0.05) is 10.7 Å². The lowest BCUT2D eigenvalue weighted by Crippen LogP contribution is -2.39. The third-order valence-corrected chi connectivity index (χ3v) is 7.76. The van der Waals surface area contributed by atoms with Crippen molar-refractivity contribution in [3.05, 3.63) is 119 Å². The quantitative estimate of drug-likeness (QED) is 0.188. The van der Waals surface area contributed by atoms with E-state index < -0.39 is 22.5 Å². The molecule has 0 unspecified atom stereocenters. The molecule has 0 fully saturated rings. The maximum absolute atomic E-state index is 13.3. The summed E-state index contributed by atoms with van der Waals surface area (Å²) in [6.45, 7) is 1.31. The molecule has 9 nitrogen and oxygen atoms in total. The molecule has 4 rings (SSSR count). The smallest absolute Gasteiger partial charge is 0.264 e. The lowest BCUT2D eigenvalue weighted by Gasteiger charge is -2.23. The Hall–Kier alpha value is -4.67. The number of nitrogens with zero attached hydrogens (tertiary/aromatic N) is 2. The van der Waals surface area contributed by atoms with Crippen molar-refractivity contribution in [1.82, 2.24) is 5.43 Å². The van der Waals surface area contributed by atoms with Crippen molar-refractivity contribution in [3.63, 3.8) is 0 Å². The van der Waals surface area contributed by atoms with E-state index in [1.54, 1.807) is 54.6 Å². The Morgan fingerprint density at radius 2 is 1.54 bits per heavy atom. The minimum atomic E-state index is -4.06. The summed E-state index contributed by atoms with van der Waals surface area (Å²) in [6, 6.07) is 28.2. The molecule has 0 bridgehead atoms. The number of aryl methyl sites for hydroxylation is 1. The van der Waals surface area contributed by atoms with Crippen LogP contribution in [-0.2, 0) is 19.6 Å². The van der Waals surface area contributed by atoms with Gasteiger partial charge < -0.3 is 10.1 Å². The molecule has 0 spiro atoms. The van der Waals surface area contributed by atoms with E-state index in [1.807, 2.05) is 31.2 Å². The highest BCUT2D eigenvalue weighted by Gasteiger charge is 2.27. The SMILES string of the molecule is Cc1ccc(NC(=O)COc2ccc(/C=N\NC(=O)CN(c3ccccc3)S(=O)(=O)c3ccc(Cl)cc3)cc2)cc1. The van der Waals surface area contributed by atoms with Gasteiger partial charge in [-0.3, -0.25) is 13.9 Å². The van der Waals surface area contributed by atoms with E-state index in [9.17, 15) is 18.0 Å². The fourth-order valence-electron chi connectivity index (χ4n) is 3.62. The minimum Gasteiger partial charge on any atom is -0.484 e. The van der Waals surface area contributed by atoms with Crippen LogP contribution in [0.3, 0.4) is 0 Å². The van der Waals surface area contributed by atoms with Crippen LogP contribution >= 0.6 is 11.6 Å². The van der Waals surface area contributed by atoms with Gasteiger partial charge in [0.25, 0.3) is 21.8 Å². The highest BCUT2D eigenvalue weighted by Crippen LogP contribution is 2.24. The molecule has 4 aromatic carbocycles. The van der Waals surface area contributed by atoms with Crippen LogP contribution in [0.5, 0.6) is 5.75 Å². The lowest BCUT2D eigenvalue weighted by atomic mass is 10.2. The highest BCUT2D eigenvalue weighted by atomic mass is 35.5. The zero-order chi connectivity index (χ0) is 29.2. The Morgan fingerprint density at radius 3 is 2.20 bits per heavy atom. The second-order valence-electron chi connectivity index (χ2n) is 8.87. The van der Waals surface area contributed by atoms with E-state index in [4.69, 9.17) is 16.3 Å². The van der Waals surface area contributed by atoms with Gasteiger partial charge in [-0.1, -0.05) is 47.5 Å². The standard InChI is InChI=1S/C30H27ClN4O5S/c1-22-7-13-25(14-8-22)33-30(37)21-40-27-15-9-23(10-16-27)19-32-34-29(36)20-35(26-5-3-2-4-6-26)41(38,39)28-17-11-24(31)12-18-28/h2-19H,20-21H2,1H3,(H,33,37)(H,34,36)/b32-19-. The number of hydrogen-bond acceptors (Lipinski definition) is 6. The molecule has 2 amide bonds. The number of carbonyl (C=O) groups excluding carboxylic acids is 2. The van der Waals surface area contributed by atoms with Gasteiger partial charge in [0.1, 0.15) is 12.3 Å². The Labute approximate surface area is 243 Å². The van der Waals surface area contributed by atoms with E-state index in [0.717, 1.165) is 9.87 Å². The first-order valence-electron chi connectivity index (χ1n) is 12.5. The second kappa shape index (κ2) is 13.6. The van der Waals surface area contributed by atoms with Gasteiger partial charge in [-0.05, 0) is 85.3 Å². The summed E-state index contributed by atoms with van der Waals surface area (Å²) >= 11 is 5.91. The summed E-state index contributed by atoms with van der Waals surface area (Å²) in [4.78, 5) is 24.8. The molecule has 210 valence electrons. The van der Waals surface area contributed by atoms with E-state index in [0.29, 0.717) is 27.7 Å². The maximum Gasteiger partial charge on any atom is 0.264 e. The largest absolute Gasteiger partial charge is 0.484 e. The Balaban J connectivity index is 1.32. The van der Waals surface area contributed by atoms with Crippen molar-refractivity contribution in [2.75, 3.05) is 22.8 Å². The first-order valence-corrected chi connectivity index (χ1v) is 14.3. The summed E-state index contributed by atoms with van der Waals surface area (Å²) in [5.74, 6) is -0.442. The number of sulfonamides is 1. The summed E-state index contributed by atoms with van der Waals surface area (Å²) in [6.07, 6.45) is 1.41. The molecule has 4 aromatic rings. The molecule has 0 saturated carbocycles. The molecule has 0 aliphatic carbocycles. The van der Waals surface area contributed by atoms with Crippen LogP contribution in [0.2, 0.25) is 5.02 Å². The highest BCUT2D eigenvalue weighted by molar-refractivity contribution is 7.92. The number of amides is 2. The molecular formula is C30H27ClN4O5S. The molecule has 0 aromatic heterocycles. The predicted octanol–water partition coefficient (Wildman–Crippen LogP) is 5.01. The zero-order valence-corrected chi connectivity index (χ0v) is 23.6.